The predicted molar refractivity (Wildman–Crippen MR) is 104 cm³/mol. The first-order valence-electron chi connectivity index (χ1n) is 8.48. The number of nitrogens with one attached hydrogen (secondary N) is 1. The second kappa shape index (κ2) is 9.52. The van der Waals surface area contributed by atoms with Crippen LogP contribution in [-0.4, -0.2) is 41.5 Å². The molecule has 0 spiro atoms. The number of carbonyl (C=O) groups excluding carboxylic acids is 1. The SMILES string of the molecule is COCCn1c(SCC(=O)Nc2ccc(OC(F)F)cc2)nc2ccccc21. The molecule has 0 aliphatic carbocycles. The van der Waals surface area contributed by atoms with Crippen LogP contribution < -0.4 is 10.1 Å². The Kier molecular flexibility index (Phi) is 6.83. The van der Waals surface area contributed by atoms with Gasteiger partial charge in [-0.15, -0.1) is 0 Å². The maximum Gasteiger partial charge on any atom is 0.387 e. The minimum atomic E-state index is -2.88. The summed E-state index contributed by atoms with van der Waals surface area (Å²) < 4.78 is 35.8. The van der Waals surface area contributed by atoms with Crippen molar-refractivity contribution in [1.29, 1.82) is 0 Å². The van der Waals surface area contributed by atoms with Crippen LogP contribution in [0, 0.1) is 0 Å². The molecular weight excluding hydrogens is 388 g/mol. The molecule has 0 fully saturated rings. The zero-order chi connectivity index (χ0) is 19.9. The number of ether oxygens (including phenoxy) is 2. The molecule has 0 saturated carbocycles. The average Bonchev–Trinajstić information content (AvgIpc) is 3.03. The lowest BCUT2D eigenvalue weighted by molar-refractivity contribution is -0.113. The van der Waals surface area contributed by atoms with Crippen molar-refractivity contribution in [1.82, 2.24) is 9.55 Å². The molecule has 0 unspecified atom stereocenters. The molecule has 6 nitrogen and oxygen atoms in total. The highest BCUT2D eigenvalue weighted by atomic mass is 32.2. The zero-order valence-electron chi connectivity index (χ0n) is 15.1. The molecular formula is C19H19F2N3O3S. The van der Waals surface area contributed by atoms with Crippen molar-refractivity contribution in [2.45, 2.75) is 18.3 Å². The predicted octanol–water partition coefficient (Wildman–Crippen LogP) is 4.01. The fourth-order valence-corrected chi connectivity index (χ4v) is 3.45. The van der Waals surface area contributed by atoms with Crippen LogP contribution in [0.1, 0.15) is 0 Å². The Morgan fingerprint density at radius 3 is 2.68 bits per heavy atom. The molecule has 0 aliphatic rings. The molecule has 1 N–H and O–H groups in total. The number of para-hydroxylation sites is 2. The molecule has 28 heavy (non-hydrogen) atoms. The number of benzene rings is 2. The van der Waals surface area contributed by atoms with Crippen LogP contribution in [0.3, 0.4) is 0 Å². The number of imidazole rings is 1. The van der Waals surface area contributed by atoms with Gasteiger partial charge in [-0.25, -0.2) is 4.98 Å². The largest absolute Gasteiger partial charge is 0.435 e. The molecule has 0 aliphatic heterocycles. The van der Waals surface area contributed by atoms with E-state index in [9.17, 15) is 13.6 Å². The minimum absolute atomic E-state index is 0.0363. The molecule has 3 aromatic rings. The van der Waals surface area contributed by atoms with Crippen LogP contribution in [0.2, 0.25) is 0 Å². The zero-order valence-corrected chi connectivity index (χ0v) is 15.9. The first-order valence-corrected chi connectivity index (χ1v) is 9.47. The van der Waals surface area contributed by atoms with Gasteiger partial charge in [0, 0.05) is 19.3 Å². The van der Waals surface area contributed by atoms with Gasteiger partial charge in [0.1, 0.15) is 5.75 Å². The van der Waals surface area contributed by atoms with E-state index in [4.69, 9.17) is 4.74 Å². The summed E-state index contributed by atoms with van der Waals surface area (Å²) in [4.78, 5) is 16.8. The normalized spacial score (nSPS) is 11.1. The van der Waals surface area contributed by atoms with Crippen molar-refractivity contribution < 1.29 is 23.0 Å². The minimum Gasteiger partial charge on any atom is -0.435 e. The fraction of sp³-hybridized carbons (Fsp3) is 0.263. The molecule has 9 heteroatoms. The number of fused-ring (bicyclic) bond motifs is 1. The number of thioether (sulfide) groups is 1. The van der Waals surface area contributed by atoms with E-state index in [0.29, 0.717) is 18.8 Å². The molecule has 0 saturated heterocycles. The van der Waals surface area contributed by atoms with E-state index < -0.39 is 6.61 Å². The van der Waals surface area contributed by atoms with Gasteiger partial charge in [0.25, 0.3) is 0 Å². The Bertz CT molecular complexity index is 932. The Balaban J connectivity index is 1.62. The number of aromatic nitrogens is 2. The molecule has 1 aromatic heterocycles. The quantitative estimate of drug-likeness (QED) is 0.543. The summed E-state index contributed by atoms with van der Waals surface area (Å²) >= 11 is 1.32. The highest BCUT2D eigenvalue weighted by molar-refractivity contribution is 7.99. The Morgan fingerprint density at radius 1 is 1.21 bits per heavy atom. The first kappa shape index (κ1) is 20.1. The second-order valence-electron chi connectivity index (χ2n) is 5.77. The Hall–Kier alpha value is -2.65. The number of hydrogen-bond acceptors (Lipinski definition) is 5. The summed E-state index contributed by atoms with van der Waals surface area (Å²) in [6.45, 7) is -1.71. The number of hydrogen-bond donors (Lipinski definition) is 1. The van der Waals surface area contributed by atoms with Crippen molar-refractivity contribution >= 4 is 34.4 Å². The highest BCUT2D eigenvalue weighted by Gasteiger charge is 2.13. The number of rotatable bonds is 9. The summed E-state index contributed by atoms with van der Waals surface area (Å²) in [7, 11) is 1.64. The third-order valence-corrected chi connectivity index (χ3v) is 4.81. The Morgan fingerprint density at radius 2 is 1.96 bits per heavy atom. The molecule has 2 aromatic carbocycles. The van der Waals surface area contributed by atoms with E-state index in [1.807, 2.05) is 28.8 Å². The van der Waals surface area contributed by atoms with Crippen LogP contribution in [-0.2, 0) is 16.1 Å². The first-order chi connectivity index (χ1) is 13.6. The number of halogens is 2. The molecule has 0 radical (unpaired) electrons. The van der Waals surface area contributed by atoms with Gasteiger partial charge in [-0.05, 0) is 36.4 Å². The van der Waals surface area contributed by atoms with Crippen molar-refractivity contribution in [3.05, 3.63) is 48.5 Å². The number of nitrogens with zero attached hydrogens (tertiary/aromatic N) is 2. The third kappa shape index (κ3) is 5.20. The molecule has 1 amide bonds. The lowest BCUT2D eigenvalue weighted by Crippen LogP contribution is -2.15. The number of amides is 1. The summed E-state index contributed by atoms with van der Waals surface area (Å²) in [5.74, 6) is -0.0295. The standard InChI is InChI=1S/C19H19F2N3O3S/c1-26-11-10-24-16-5-3-2-4-15(16)23-19(24)28-12-17(25)22-13-6-8-14(9-7-13)27-18(20)21/h2-9,18H,10-12H2,1H3,(H,22,25). The maximum atomic E-state index is 12.2. The van der Waals surface area contributed by atoms with Crippen molar-refractivity contribution in [3.63, 3.8) is 0 Å². The summed E-state index contributed by atoms with van der Waals surface area (Å²) in [6.07, 6.45) is 0. The summed E-state index contributed by atoms with van der Waals surface area (Å²) in [5, 5.41) is 3.46. The monoisotopic (exact) mass is 407 g/mol. The molecule has 0 bridgehead atoms. The fourth-order valence-electron chi connectivity index (χ4n) is 2.61. The van der Waals surface area contributed by atoms with Crippen LogP contribution in [0.25, 0.3) is 11.0 Å². The molecule has 3 rings (SSSR count). The number of alkyl halides is 2. The van der Waals surface area contributed by atoms with E-state index in [1.54, 1.807) is 7.11 Å². The lowest BCUT2D eigenvalue weighted by atomic mass is 10.3. The smallest absolute Gasteiger partial charge is 0.387 e. The summed E-state index contributed by atoms with van der Waals surface area (Å²) in [6, 6.07) is 13.5. The highest BCUT2D eigenvalue weighted by Crippen LogP contribution is 2.24. The van der Waals surface area contributed by atoms with Gasteiger partial charge in [0.05, 0.1) is 23.4 Å². The van der Waals surface area contributed by atoms with Gasteiger partial charge >= 0.3 is 6.61 Å². The number of anilines is 1. The van der Waals surface area contributed by atoms with Crippen LogP contribution in [0.15, 0.2) is 53.7 Å². The van der Waals surface area contributed by atoms with Crippen LogP contribution in [0.5, 0.6) is 5.75 Å². The van der Waals surface area contributed by atoms with Gasteiger partial charge < -0.3 is 19.4 Å². The van der Waals surface area contributed by atoms with Crippen molar-refractivity contribution in [2.75, 3.05) is 24.8 Å². The van der Waals surface area contributed by atoms with E-state index in [0.717, 1.165) is 16.2 Å². The van der Waals surface area contributed by atoms with Gasteiger partial charge in [-0.3, -0.25) is 4.79 Å². The average molecular weight is 407 g/mol. The molecule has 148 valence electrons. The molecule has 1 heterocycles. The van der Waals surface area contributed by atoms with E-state index in [1.165, 1.54) is 36.0 Å². The van der Waals surface area contributed by atoms with Gasteiger partial charge in [0.15, 0.2) is 5.16 Å². The van der Waals surface area contributed by atoms with Gasteiger partial charge in [-0.1, -0.05) is 23.9 Å². The summed E-state index contributed by atoms with van der Waals surface area (Å²) in [5.41, 5.74) is 2.34. The topological polar surface area (TPSA) is 65.4 Å². The van der Waals surface area contributed by atoms with Crippen LogP contribution in [0.4, 0.5) is 14.5 Å². The maximum absolute atomic E-state index is 12.2. The lowest BCUT2D eigenvalue weighted by Gasteiger charge is -2.09. The van der Waals surface area contributed by atoms with Crippen molar-refractivity contribution in [3.8, 4) is 5.75 Å². The number of methoxy groups -OCH3 is 1. The number of carbonyl (C=O) groups is 1. The Labute approximate surface area is 164 Å². The molecule has 0 atom stereocenters. The van der Waals surface area contributed by atoms with Gasteiger partial charge in [-0.2, -0.15) is 8.78 Å². The van der Waals surface area contributed by atoms with E-state index in [2.05, 4.69) is 15.0 Å². The second-order valence-corrected chi connectivity index (χ2v) is 6.71. The third-order valence-electron chi connectivity index (χ3n) is 3.83. The van der Waals surface area contributed by atoms with Gasteiger partial charge in [0.2, 0.25) is 5.91 Å². The van der Waals surface area contributed by atoms with Crippen molar-refractivity contribution in [2.24, 2.45) is 0 Å². The van der Waals surface area contributed by atoms with Crippen LogP contribution >= 0.6 is 11.8 Å². The van der Waals surface area contributed by atoms with E-state index in [-0.39, 0.29) is 17.4 Å². The van der Waals surface area contributed by atoms with E-state index >= 15 is 0 Å².